The third kappa shape index (κ3) is 3.31. The van der Waals surface area contributed by atoms with Crippen molar-refractivity contribution >= 4 is 16.8 Å². The smallest absolute Gasteiger partial charge is 0.271 e. The summed E-state index contributed by atoms with van der Waals surface area (Å²) < 4.78 is 13.3. The number of halogens is 1. The molecule has 0 bridgehead atoms. The van der Waals surface area contributed by atoms with Gasteiger partial charge in [-0.25, -0.2) is 4.39 Å². The van der Waals surface area contributed by atoms with Crippen molar-refractivity contribution in [2.24, 2.45) is 0 Å². The monoisotopic (exact) mass is 320 g/mol. The first kappa shape index (κ1) is 15.8. The molecule has 1 amide bonds. The maximum atomic E-state index is 13.3. The van der Waals surface area contributed by atoms with Gasteiger partial charge in [0, 0.05) is 17.4 Å². The van der Waals surface area contributed by atoms with Crippen LogP contribution in [-0.4, -0.2) is 22.3 Å². The highest BCUT2D eigenvalue weighted by Crippen LogP contribution is 2.18. The van der Waals surface area contributed by atoms with E-state index in [1.807, 2.05) is 31.2 Å². The van der Waals surface area contributed by atoms with E-state index >= 15 is 0 Å². The summed E-state index contributed by atoms with van der Waals surface area (Å²) in [5.74, 6) is 1.99. The second-order valence-corrected chi connectivity index (χ2v) is 5.77. The van der Waals surface area contributed by atoms with Crippen LogP contribution in [0.2, 0.25) is 0 Å². The quantitative estimate of drug-likeness (QED) is 0.727. The fraction of sp³-hybridized carbons (Fsp3) is 0.150. The predicted molar refractivity (Wildman–Crippen MR) is 93.0 cm³/mol. The van der Waals surface area contributed by atoms with Gasteiger partial charge in [-0.3, -0.25) is 4.79 Å². The summed E-state index contributed by atoms with van der Waals surface area (Å²) in [6.45, 7) is 2.64. The van der Waals surface area contributed by atoms with Crippen molar-refractivity contribution in [2.45, 2.75) is 13.5 Å². The van der Waals surface area contributed by atoms with Gasteiger partial charge in [0.2, 0.25) is 0 Å². The number of aromatic nitrogens is 1. The molecule has 0 saturated carbocycles. The van der Waals surface area contributed by atoms with Crippen LogP contribution in [0.4, 0.5) is 4.39 Å². The molecule has 0 aliphatic carbocycles. The standard InChI is InChI=1S/C20H17FN2O/c1-3-10-23(13-15-6-4-14(2)5-7-15)20(24)19-12-16-11-17(21)8-9-18(16)22-19/h1,4-9,11-12,22H,10,13H2,2H3. The summed E-state index contributed by atoms with van der Waals surface area (Å²) in [7, 11) is 0. The number of aryl methyl sites for hydroxylation is 1. The normalized spacial score (nSPS) is 10.5. The molecule has 3 aromatic rings. The minimum Gasteiger partial charge on any atom is -0.351 e. The highest BCUT2D eigenvalue weighted by atomic mass is 19.1. The Morgan fingerprint density at radius 1 is 1.21 bits per heavy atom. The van der Waals surface area contributed by atoms with E-state index in [1.54, 1.807) is 17.0 Å². The summed E-state index contributed by atoms with van der Waals surface area (Å²) in [5.41, 5.74) is 3.28. The van der Waals surface area contributed by atoms with Gasteiger partial charge < -0.3 is 9.88 Å². The predicted octanol–water partition coefficient (Wildman–Crippen LogP) is 3.89. The van der Waals surface area contributed by atoms with Crippen LogP contribution in [0.5, 0.6) is 0 Å². The first-order valence-corrected chi connectivity index (χ1v) is 7.63. The molecule has 120 valence electrons. The topological polar surface area (TPSA) is 36.1 Å². The third-order valence-electron chi connectivity index (χ3n) is 3.88. The lowest BCUT2D eigenvalue weighted by Crippen LogP contribution is -2.31. The van der Waals surface area contributed by atoms with Crippen molar-refractivity contribution in [2.75, 3.05) is 6.54 Å². The first-order valence-electron chi connectivity index (χ1n) is 7.63. The van der Waals surface area contributed by atoms with E-state index in [0.29, 0.717) is 17.6 Å². The Labute approximate surface area is 140 Å². The number of hydrogen-bond acceptors (Lipinski definition) is 1. The Morgan fingerprint density at radius 2 is 1.96 bits per heavy atom. The minimum absolute atomic E-state index is 0.204. The van der Waals surface area contributed by atoms with E-state index in [1.165, 1.54) is 12.1 Å². The van der Waals surface area contributed by atoms with E-state index in [2.05, 4.69) is 10.9 Å². The fourth-order valence-corrected chi connectivity index (χ4v) is 2.61. The van der Waals surface area contributed by atoms with Crippen LogP contribution in [0.1, 0.15) is 21.6 Å². The zero-order valence-corrected chi connectivity index (χ0v) is 13.3. The van der Waals surface area contributed by atoms with Gasteiger partial charge in [0.1, 0.15) is 11.5 Å². The van der Waals surface area contributed by atoms with Gasteiger partial charge in [0.25, 0.3) is 5.91 Å². The van der Waals surface area contributed by atoms with Crippen LogP contribution in [0, 0.1) is 25.1 Å². The number of fused-ring (bicyclic) bond motifs is 1. The summed E-state index contributed by atoms with van der Waals surface area (Å²) in [5, 5.41) is 0.661. The number of benzene rings is 2. The molecule has 0 saturated heterocycles. The number of hydrogen-bond donors (Lipinski definition) is 1. The highest BCUT2D eigenvalue weighted by molar-refractivity contribution is 5.98. The van der Waals surface area contributed by atoms with Crippen molar-refractivity contribution in [3.05, 3.63) is 71.2 Å². The van der Waals surface area contributed by atoms with Crippen molar-refractivity contribution in [3.8, 4) is 12.3 Å². The van der Waals surface area contributed by atoms with E-state index in [4.69, 9.17) is 6.42 Å². The van der Waals surface area contributed by atoms with Crippen LogP contribution in [0.3, 0.4) is 0 Å². The van der Waals surface area contributed by atoms with Crippen molar-refractivity contribution in [1.29, 1.82) is 0 Å². The second-order valence-electron chi connectivity index (χ2n) is 5.77. The maximum absolute atomic E-state index is 13.3. The van der Waals surface area contributed by atoms with Crippen LogP contribution in [0.15, 0.2) is 48.5 Å². The van der Waals surface area contributed by atoms with E-state index < -0.39 is 0 Å². The number of terminal acetylenes is 1. The van der Waals surface area contributed by atoms with Crippen LogP contribution in [-0.2, 0) is 6.54 Å². The molecule has 0 fully saturated rings. The van der Waals surface area contributed by atoms with Crippen LogP contribution < -0.4 is 0 Å². The molecule has 0 atom stereocenters. The van der Waals surface area contributed by atoms with Gasteiger partial charge in [-0.15, -0.1) is 6.42 Å². The molecule has 1 heterocycles. The zero-order chi connectivity index (χ0) is 17.1. The molecule has 3 nitrogen and oxygen atoms in total. The van der Waals surface area contributed by atoms with E-state index in [0.717, 1.165) is 16.6 Å². The summed E-state index contributed by atoms with van der Waals surface area (Å²) in [6, 6.07) is 14.0. The van der Waals surface area contributed by atoms with Gasteiger partial charge in [-0.2, -0.15) is 0 Å². The van der Waals surface area contributed by atoms with Crippen LogP contribution >= 0.6 is 0 Å². The number of carbonyl (C=O) groups excluding carboxylic acids is 1. The summed E-state index contributed by atoms with van der Waals surface area (Å²) in [4.78, 5) is 17.4. The summed E-state index contributed by atoms with van der Waals surface area (Å²) in [6.07, 6.45) is 5.41. The lowest BCUT2D eigenvalue weighted by atomic mass is 10.1. The number of nitrogens with zero attached hydrogens (tertiary/aromatic N) is 1. The molecule has 24 heavy (non-hydrogen) atoms. The molecule has 0 aliphatic heterocycles. The van der Waals surface area contributed by atoms with Crippen LogP contribution in [0.25, 0.3) is 10.9 Å². The molecule has 0 unspecified atom stereocenters. The molecule has 0 spiro atoms. The number of H-pyrrole nitrogens is 1. The molecular formula is C20H17FN2O. The molecule has 0 aliphatic rings. The zero-order valence-electron chi connectivity index (χ0n) is 13.3. The highest BCUT2D eigenvalue weighted by Gasteiger charge is 2.17. The second kappa shape index (κ2) is 6.59. The average molecular weight is 320 g/mol. The largest absolute Gasteiger partial charge is 0.351 e. The van der Waals surface area contributed by atoms with Crippen molar-refractivity contribution in [1.82, 2.24) is 9.88 Å². The average Bonchev–Trinajstić information content (AvgIpc) is 2.98. The Bertz CT molecular complexity index is 919. The SMILES string of the molecule is C#CCN(Cc1ccc(C)cc1)C(=O)c1cc2cc(F)ccc2[nH]1. The molecule has 4 heteroatoms. The van der Waals surface area contributed by atoms with Crippen molar-refractivity contribution in [3.63, 3.8) is 0 Å². The fourth-order valence-electron chi connectivity index (χ4n) is 2.61. The van der Waals surface area contributed by atoms with Gasteiger partial charge in [0.05, 0.1) is 6.54 Å². The van der Waals surface area contributed by atoms with E-state index in [-0.39, 0.29) is 18.3 Å². The molecule has 0 radical (unpaired) electrons. The number of rotatable bonds is 4. The number of carbonyl (C=O) groups is 1. The Kier molecular flexibility index (Phi) is 4.35. The third-order valence-corrected chi connectivity index (χ3v) is 3.88. The minimum atomic E-state index is -0.333. The Morgan fingerprint density at radius 3 is 2.67 bits per heavy atom. The number of nitrogens with one attached hydrogen (secondary N) is 1. The van der Waals surface area contributed by atoms with Gasteiger partial charge in [0.15, 0.2) is 0 Å². The Hall–Kier alpha value is -3.06. The molecular weight excluding hydrogens is 303 g/mol. The Balaban J connectivity index is 1.87. The molecule has 1 N–H and O–H groups in total. The lowest BCUT2D eigenvalue weighted by molar-refractivity contribution is 0.0761. The van der Waals surface area contributed by atoms with Gasteiger partial charge in [-0.05, 0) is 36.8 Å². The van der Waals surface area contributed by atoms with Gasteiger partial charge >= 0.3 is 0 Å². The summed E-state index contributed by atoms with van der Waals surface area (Å²) >= 11 is 0. The molecule has 3 rings (SSSR count). The molecule has 2 aromatic carbocycles. The van der Waals surface area contributed by atoms with Gasteiger partial charge in [-0.1, -0.05) is 35.7 Å². The number of amides is 1. The number of aromatic amines is 1. The van der Waals surface area contributed by atoms with E-state index in [9.17, 15) is 9.18 Å². The lowest BCUT2D eigenvalue weighted by Gasteiger charge is -2.19. The first-order chi connectivity index (χ1) is 11.6. The maximum Gasteiger partial charge on any atom is 0.271 e. The molecule has 1 aromatic heterocycles. The van der Waals surface area contributed by atoms with Crippen molar-refractivity contribution < 1.29 is 9.18 Å².